The summed E-state index contributed by atoms with van der Waals surface area (Å²) in [5.74, 6) is 0.241. The van der Waals surface area contributed by atoms with E-state index in [1.54, 1.807) is 11.3 Å². The van der Waals surface area contributed by atoms with Gasteiger partial charge < -0.3 is 4.90 Å². The number of carbonyl (C=O) groups excluding carboxylic acids is 1. The first-order valence-corrected chi connectivity index (χ1v) is 10.1. The van der Waals surface area contributed by atoms with Crippen molar-refractivity contribution in [3.63, 3.8) is 0 Å². The summed E-state index contributed by atoms with van der Waals surface area (Å²) in [6.07, 6.45) is 4.65. The minimum Gasteiger partial charge on any atom is -0.311 e. The predicted molar refractivity (Wildman–Crippen MR) is 103 cm³/mol. The summed E-state index contributed by atoms with van der Waals surface area (Å²) in [5, 5.41) is 3.19. The highest BCUT2D eigenvalue weighted by atomic mass is 32.1. The quantitative estimate of drug-likeness (QED) is 0.838. The molecule has 2 aromatic rings. The van der Waals surface area contributed by atoms with Crippen molar-refractivity contribution in [3.8, 4) is 11.3 Å². The number of carbonyl (C=O) groups is 1. The standard InChI is InChI=1S/C20H25N3OS/c1-14-5-3-4-9-22(14)12-20(24)23-10-8-17-11-16(6-7-19(17)23)18-13-25-15(2)21-18/h6-7,11,13-14H,3-5,8-10,12H2,1-2H3/t14-/m0/s1. The molecule has 0 aliphatic carbocycles. The third-order valence-electron chi connectivity index (χ3n) is 5.47. The molecule has 1 aromatic heterocycles. The van der Waals surface area contributed by atoms with Gasteiger partial charge in [0.2, 0.25) is 5.91 Å². The van der Waals surface area contributed by atoms with E-state index in [9.17, 15) is 4.79 Å². The fraction of sp³-hybridized carbons (Fsp3) is 0.500. The van der Waals surface area contributed by atoms with E-state index in [1.807, 2.05) is 11.8 Å². The molecule has 1 fully saturated rings. The number of benzene rings is 1. The van der Waals surface area contributed by atoms with Gasteiger partial charge in [0.05, 0.1) is 17.2 Å². The van der Waals surface area contributed by atoms with E-state index in [2.05, 4.69) is 40.4 Å². The monoisotopic (exact) mass is 355 g/mol. The molecule has 132 valence electrons. The van der Waals surface area contributed by atoms with E-state index in [-0.39, 0.29) is 5.91 Å². The number of likely N-dealkylation sites (tertiary alicyclic amines) is 1. The van der Waals surface area contributed by atoms with E-state index < -0.39 is 0 Å². The number of anilines is 1. The van der Waals surface area contributed by atoms with Gasteiger partial charge in [0.1, 0.15) is 0 Å². The molecule has 4 nitrogen and oxygen atoms in total. The first kappa shape index (κ1) is 16.7. The number of fused-ring (bicyclic) bond motifs is 1. The first-order chi connectivity index (χ1) is 12.1. The SMILES string of the molecule is Cc1nc(-c2ccc3c(c2)CCN3C(=O)CN2CCCC[C@@H]2C)cs1. The van der Waals surface area contributed by atoms with E-state index in [4.69, 9.17) is 0 Å². The second kappa shape index (κ2) is 6.89. The maximum absolute atomic E-state index is 12.9. The van der Waals surface area contributed by atoms with Gasteiger partial charge in [-0.15, -0.1) is 11.3 Å². The van der Waals surface area contributed by atoms with Crippen LogP contribution in [0.5, 0.6) is 0 Å². The summed E-state index contributed by atoms with van der Waals surface area (Å²) < 4.78 is 0. The summed E-state index contributed by atoms with van der Waals surface area (Å²) in [6, 6.07) is 6.93. The average Bonchev–Trinajstić information content (AvgIpc) is 3.22. The van der Waals surface area contributed by atoms with Crippen LogP contribution in [0.2, 0.25) is 0 Å². The Labute approximate surface area is 153 Å². The lowest BCUT2D eigenvalue weighted by Crippen LogP contribution is -2.45. The lowest BCUT2D eigenvalue weighted by atomic mass is 10.0. The van der Waals surface area contributed by atoms with Crippen LogP contribution < -0.4 is 4.90 Å². The molecule has 0 bridgehead atoms. The van der Waals surface area contributed by atoms with Crippen molar-refractivity contribution in [2.24, 2.45) is 0 Å². The largest absolute Gasteiger partial charge is 0.311 e. The lowest BCUT2D eigenvalue weighted by Gasteiger charge is -2.33. The van der Waals surface area contributed by atoms with Gasteiger partial charge in [-0.1, -0.05) is 12.5 Å². The smallest absolute Gasteiger partial charge is 0.241 e. The van der Waals surface area contributed by atoms with Gasteiger partial charge >= 0.3 is 0 Å². The molecular weight excluding hydrogens is 330 g/mol. The van der Waals surface area contributed by atoms with Crippen LogP contribution in [0.4, 0.5) is 5.69 Å². The van der Waals surface area contributed by atoms with Gasteiger partial charge in [0.25, 0.3) is 0 Å². The van der Waals surface area contributed by atoms with Crippen molar-refractivity contribution >= 4 is 22.9 Å². The van der Waals surface area contributed by atoms with Gasteiger partial charge in [-0.25, -0.2) is 4.98 Å². The summed E-state index contributed by atoms with van der Waals surface area (Å²) >= 11 is 1.68. The molecule has 5 heteroatoms. The molecule has 0 spiro atoms. The number of rotatable bonds is 3. The molecule has 0 unspecified atom stereocenters. The van der Waals surface area contributed by atoms with Crippen LogP contribution in [-0.2, 0) is 11.2 Å². The van der Waals surface area contributed by atoms with E-state index in [1.165, 1.54) is 24.8 Å². The number of hydrogen-bond donors (Lipinski definition) is 0. The molecule has 0 radical (unpaired) electrons. The van der Waals surface area contributed by atoms with Crippen LogP contribution in [0.15, 0.2) is 23.6 Å². The molecule has 25 heavy (non-hydrogen) atoms. The van der Waals surface area contributed by atoms with Crippen molar-refractivity contribution in [1.29, 1.82) is 0 Å². The number of aromatic nitrogens is 1. The van der Waals surface area contributed by atoms with Crippen LogP contribution >= 0.6 is 11.3 Å². The first-order valence-electron chi connectivity index (χ1n) is 9.21. The second-order valence-electron chi connectivity index (χ2n) is 7.21. The topological polar surface area (TPSA) is 36.4 Å². The minimum absolute atomic E-state index is 0.241. The van der Waals surface area contributed by atoms with Crippen LogP contribution in [0.1, 0.15) is 36.8 Å². The molecule has 2 aliphatic heterocycles. The van der Waals surface area contributed by atoms with E-state index in [0.717, 1.165) is 41.5 Å². The summed E-state index contributed by atoms with van der Waals surface area (Å²) in [6.45, 7) is 6.68. The van der Waals surface area contributed by atoms with Gasteiger partial charge in [-0.3, -0.25) is 9.69 Å². The summed E-state index contributed by atoms with van der Waals surface area (Å²) in [5.41, 5.74) is 4.55. The zero-order valence-electron chi connectivity index (χ0n) is 15.0. The highest BCUT2D eigenvalue weighted by Gasteiger charge is 2.28. The van der Waals surface area contributed by atoms with Crippen LogP contribution in [0, 0.1) is 6.92 Å². The van der Waals surface area contributed by atoms with Gasteiger partial charge in [-0.05, 0) is 57.4 Å². The third-order valence-corrected chi connectivity index (χ3v) is 6.24. The number of thiazole rings is 1. The van der Waals surface area contributed by atoms with Crippen LogP contribution in [0.25, 0.3) is 11.3 Å². The van der Waals surface area contributed by atoms with Crippen molar-refractivity contribution in [2.75, 3.05) is 24.5 Å². The van der Waals surface area contributed by atoms with Crippen molar-refractivity contribution in [2.45, 2.75) is 45.6 Å². The Hall–Kier alpha value is -1.72. The average molecular weight is 356 g/mol. The third kappa shape index (κ3) is 3.35. The molecule has 3 heterocycles. The molecule has 1 saturated heterocycles. The Morgan fingerprint density at radius 1 is 1.32 bits per heavy atom. The number of aryl methyl sites for hydroxylation is 1. The van der Waals surface area contributed by atoms with Gasteiger partial charge in [-0.2, -0.15) is 0 Å². The lowest BCUT2D eigenvalue weighted by molar-refractivity contribution is -0.120. The molecule has 1 atom stereocenters. The van der Waals surface area contributed by atoms with Crippen LogP contribution in [-0.4, -0.2) is 41.5 Å². The normalized spacial score (nSPS) is 20.7. The van der Waals surface area contributed by atoms with E-state index in [0.29, 0.717) is 12.6 Å². The van der Waals surface area contributed by atoms with Gasteiger partial charge in [0, 0.05) is 29.2 Å². The molecular formula is C20H25N3OS. The second-order valence-corrected chi connectivity index (χ2v) is 8.27. The van der Waals surface area contributed by atoms with E-state index >= 15 is 0 Å². The highest BCUT2D eigenvalue weighted by molar-refractivity contribution is 7.09. The van der Waals surface area contributed by atoms with Crippen molar-refractivity contribution in [3.05, 3.63) is 34.2 Å². The van der Waals surface area contributed by atoms with Crippen LogP contribution in [0.3, 0.4) is 0 Å². The fourth-order valence-electron chi connectivity index (χ4n) is 3.97. The Morgan fingerprint density at radius 2 is 2.20 bits per heavy atom. The summed E-state index contributed by atoms with van der Waals surface area (Å²) in [7, 11) is 0. The number of amides is 1. The minimum atomic E-state index is 0.241. The molecule has 0 saturated carbocycles. The summed E-state index contributed by atoms with van der Waals surface area (Å²) in [4.78, 5) is 21.8. The van der Waals surface area contributed by atoms with Crippen molar-refractivity contribution in [1.82, 2.24) is 9.88 Å². The molecule has 2 aliphatic rings. The maximum Gasteiger partial charge on any atom is 0.241 e. The van der Waals surface area contributed by atoms with Crippen molar-refractivity contribution < 1.29 is 4.79 Å². The Balaban J connectivity index is 1.50. The number of nitrogens with zero attached hydrogens (tertiary/aromatic N) is 3. The Morgan fingerprint density at radius 3 is 2.96 bits per heavy atom. The fourth-order valence-corrected chi connectivity index (χ4v) is 4.59. The number of piperidine rings is 1. The Bertz CT molecular complexity index is 785. The molecule has 4 rings (SSSR count). The number of hydrogen-bond acceptors (Lipinski definition) is 4. The van der Waals surface area contributed by atoms with Gasteiger partial charge in [0.15, 0.2) is 0 Å². The molecule has 1 amide bonds. The zero-order chi connectivity index (χ0) is 17.4. The maximum atomic E-state index is 12.9. The molecule has 0 N–H and O–H groups in total. The highest BCUT2D eigenvalue weighted by Crippen LogP contribution is 2.33. The molecule has 1 aromatic carbocycles. The zero-order valence-corrected chi connectivity index (χ0v) is 15.8. The Kier molecular flexibility index (Phi) is 4.61. The predicted octanol–water partition coefficient (Wildman–Crippen LogP) is 3.88.